The normalized spacial score (nSPS) is 21.5. The summed E-state index contributed by atoms with van der Waals surface area (Å²) in [6, 6.07) is 0. The van der Waals surface area contributed by atoms with Gasteiger partial charge in [0.25, 0.3) is 0 Å². The van der Waals surface area contributed by atoms with E-state index < -0.39 is 0 Å². The van der Waals surface area contributed by atoms with E-state index in [0.29, 0.717) is 0 Å². The standard InChI is InChI=1S/C10H15BrN4O/c1-14-7-12-13-9(14)4-6-15-5-2-3-8(11)10(15)16/h7-8H,2-6H2,1H3. The first kappa shape index (κ1) is 11.6. The monoisotopic (exact) mass is 286 g/mol. The van der Waals surface area contributed by atoms with Crippen LogP contribution in [-0.2, 0) is 18.3 Å². The van der Waals surface area contributed by atoms with Gasteiger partial charge in [-0.25, -0.2) is 0 Å². The highest BCUT2D eigenvalue weighted by molar-refractivity contribution is 9.10. The molecule has 2 rings (SSSR count). The van der Waals surface area contributed by atoms with E-state index in [-0.39, 0.29) is 10.7 Å². The number of amides is 1. The van der Waals surface area contributed by atoms with E-state index in [0.717, 1.165) is 38.2 Å². The van der Waals surface area contributed by atoms with Crippen LogP contribution < -0.4 is 0 Å². The van der Waals surface area contributed by atoms with Crippen molar-refractivity contribution in [2.45, 2.75) is 24.1 Å². The van der Waals surface area contributed by atoms with Crippen LogP contribution in [-0.4, -0.2) is 43.5 Å². The number of rotatable bonds is 3. The van der Waals surface area contributed by atoms with Crippen LogP contribution in [0.25, 0.3) is 0 Å². The number of aryl methyl sites for hydroxylation is 1. The van der Waals surface area contributed by atoms with Gasteiger partial charge in [0.1, 0.15) is 12.2 Å². The number of carbonyl (C=O) groups excluding carboxylic acids is 1. The van der Waals surface area contributed by atoms with Crippen LogP contribution in [0.15, 0.2) is 6.33 Å². The molecule has 1 aromatic heterocycles. The van der Waals surface area contributed by atoms with Crippen molar-refractivity contribution in [1.29, 1.82) is 0 Å². The van der Waals surface area contributed by atoms with Crippen LogP contribution >= 0.6 is 15.9 Å². The molecule has 6 heteroatoms. The van der Waals surface area contributed by atoms with Gasteiger partial charge in [0.05, 0.1) is 4.83 Å². The minimum absolute atomic E-state index is 0.000691. The molecule has 16 heavy (non-hydrogen) atoms. The SMILES string of the molecule is Cn1cnnc1CCN1CCCC(Br)C1=O. The topological polar surface area (TPSA) is 51.0 Å². The maximum absolute atomic E-state index is 11.8. The van der Waals surface area contributed by atoms with Crippen LogP contribution in [0.4, 0.5) is 0 Å². The fourth-order valence-corrected chi connectivity index (χ4v) is 2.50. The zero-order valence-electron chi connectivity index (χ0n) is 9.27. The number of piperidine rings is 1. The van der Waals surface area contributed by atoms with E-state index in [4.69, 9.17) is 0 Å². The van der Waals surface area contributed by atoms with Gasteiger partial charge in [0.2, 0.25) is 5.91 Å². The summed E-state index contributed by atoms with van der Waals surface area (Å²) in [7, 11) is 1.92. The Morgan fingerprint density at radius 2 is 2.44 bits per heavy atom. The summed E-state index contributed by atoms with van der Waals surface area (Å²) in [6.45, 7) is 1.59. The first-order chi connectivity index (χ1) is 7.68. The third-order valence-electron chi connectivity index (χ3n) is 2.88. The molecule has 88 valence electrons. The second-order valence-corrected chi connectivity index (χ2v) is 5.15. The molecule has 0 saturated carbocycles. The van der Waals surface area contributed by atoms with Crippen LogP contribution in [0, 0.1) is 0 Å². The number of halogens is 1. The van der Waals surface area contributed by atoms with Gasteiger partial charge in [0.15, 0.2) is 0 Å². The molecule has 1 amide bonds. The maximum Gasteiger partial charge on any atom is 0.236 e. The van der Waals surface area contributed by atoms with Crippen molar-refractivity contribution in [2.75, 3.05) is 13.1 Å². The third-order valence-corrected chi connectivity index (χ3v) is 3.73. The zero-order valence-corrected chi connectivity index (χ0v) is 10.9. The molecular formula is C10H15BrN4O. The Kier molecular flexibility index (Phi) is 3.58. The molecule has 1 fully saturated rings. The lowest BCUT2D eigenvalue weighted by molar-refractivity contribution is -0.132. The quantitative estimate of drug-likeness (QED) is 0.771. The number of hydrogen-bond acceptors (Lipinski definition) is 3. The van der Waals surface area contributed by atoms with Gasteiger partial charge in [-0.15, -0.1) is 10.2 Å². The van der Waals surface area contributed by atoms with E-state index in [2.05, 4.69) is 26.1 Å². The minimum Gasteiger partial charge on any atom is -0.341 e. The molecule has 1 unspecified atom stereocenters. The Balaban J connectivity index is 1.90. The molecule has 0 N–H and O–H groups in total. The Bertz CT molecular complexity index is 379. The number of likely N-dealkylation sites (tertiary alicyclic amines) is 1. The molecular weight excluding hydrogens is 272 g/mol. The van der Waals surface area contributed by atoms with Crippen molar-refractivity contribution >= 4 is 21.8 Å². The van der Waals surface area contributed by atoms with Crippen molar-refractivity contribution in [3.8, 4) is 0 Å². The Hall–Kier alpha value is -0.910. The van der Waals surface area contributed by atoms with E-state index in [1.165, 1.54) is 0 Å². The average Bonchev–Trinajstić information content (AvgIpc) is 2.67. The molecule has 0 bridgehead atoms. The molecule has 2 heterocycles. The first-order valence-corrected chi connectivity index (χ1v) is 6.36. The van der Waals surface area contributed by atoms with Gasteiger partial charge in [-0.1, -0.05) is 15.9 Å². The summed E-state index contributed by atoms with van der Waals surface area (Å²) in [5.41, 5.74) is 0. The van der Waals surface area contributed by atoms with Gasteiger partial charge >= 0.3 is 0 Å². The van der Waals surface area contributed by atoms with Crippen LogP contribution in [0.1, 0.15) is 18.7 Å². The summed E-state index contributed by atoms with van der Waals surface area (Å²) in [5, 5.41) is 7.83. The summed E-state index contributed by atoms with van der Waals surface area (Å²) < 4.78 is 1.89. The number of alkyl halides is 1. The number of hydrogen-bond donors (Lipinski definition) is 0. The van der Waals surface area contributed by atoms with Crippen molar-refractivity contribution < 1.29 is 4.79 Å². The minimum atomic E-state index is 0.000691. The van der Waals surface area contributed by atoms with Gasteiger partial charge in [-0.2, -0.15) is 0 Å². The summed E-state index contributed by atoms with van der Waals surface area (Å²) in [5.74, 6) is 1.12. The smallest absolute Gasteiger partial charge is 0.236 e. The maximum atomic E-state index is 11.8. The molecule has 0 aliphatic carbocycles. The second-order valence-electron chi connectivity index (χ2n) is 4.04. The highest BCUT2D eigenvalue weighted by Gasteiger charge is 2.26. The van der Waals surface area contributed by atoms with Crippen molar-refractivity contribution in [1.82, 2.24) is 19.7 Å². The van der Waals surface area contributed by atoms with E-state index in [1.807, 2.05) is 16.5 Å². The van der Waals surface area contributed by atoms with Crippen molar-refractivity contribution in [2.24, 2.45) is 7.05 Å². The highest BCUT2D eigenvalue weighted by Crippen LogP contribution is 2.18. The number of carbonyl (C=O) groups is 1. The molecule has 1 saturated heterocycles. The molecule has 0 spiro atoms. The number of aromatic nitrogens is 3. The lowest BCUT2D eigenvalue weighted by Gasteiger charge is -2.29. The molecule has 0 aromatic carbocycles. The fourth-order valence-electron chi connectivity index (χ4n) is 1.88. The average molecular weight is 287 g/mol. The fraction of sp³-hybridized carbons (Fsp3) is 0.700. The van der Waals surface area contributed by atoms with Crippen molar-refractivity contribution in [3.05, 3.63) is 12.2 Å². The van der Waals surface area contributed by atoms with E-state index in [9.17, 15) is 4.79 Å². The molecule has 1 aromatic rings. The predicted molar refractivity (Wildman–Crippen MR) is 63.2 cm³/mol. The summed E-state index contributed by atoms with van der Waals surface area (Å²) in [6.07, 6.45) is 4.46. The van der Waals surface area contributed by atoms with Gasteiger partial charge in [-0.3, -0.25) is 4.79 Å². The van der Waals surface area contributed by atoms with Gasteiger partial charge in [-0.05, 0) is 12.8 Å². The second kappa shape index (κ2) is 4.95. The Labute approximate surface area is 103 Å². The molecule has 1 aliphatic rings. The summed E-state index contributed by atoms with van der Waals surface area (Å²) in [4.78, 5) is 13.7. The highest BCUT2D eigenvalue weighted by atomic mass is 79.9. The van der Waals surface area contributed by atoms with Crippen LogP contribution in [0.5, 0.6) is 0 Å². The van der Waals surface area contributed by atoms with Gasteiger partial charge < -0.3 is 9.47 Å². The van der Waals surface area contributed by atoms with Crippen LogP contribution in [0.3, 0.4) is 0 Å². The summed E-state index contributed by atoms with van der Waals surface area (Å²) >= 11 is 3.40. The largest absolute Gasteiger partial charge is 0.341 e. The molecule has 1 atom stereocenters. The van der Waals surface area contributed by atoms with Gasteiger partial charge in [0, 0.05) is 26.6 Å². The zero-order chi connectivity index (χ0) is 11.5. The molecule has 0 radical (unpaired) electrons. The van der Waals surface area contributed by atoms with Crippen molar-refractivity contribution in [3.63, 3.8) is 0 Å². The number of nitrogens with zero attached hydrogens (tertiary/aromatic N) is 4. The first-order valence-electron chi connectivity index (χ1n) is 5.44. The lowest BCUT2D eigenvalue weighted by atomic mass is 10.1. The predicted octanol–water partition coefficient (Wildman–Crippen LogP) is 0.743. The molecule has 5 nitrogen and oxygen atoms in total. The third kappa shape index (κ3) is 2.42. The Morgan fingerprint density at radius 1 is 1.62 bits per heavy atom. The van der Waals surface area contributed by atoms with E-state index in [1.54, 1.807) is 6.33 Å². The molecule has 1 aliphatic heterocycles. The van der Waals surface area contributed by atoms with E-state index >= 15 is 0 Å². The Morgan fingerprint density at radius 3 is 3.12 bits per heavy atom. The lowest BCUT2D eigenvalue weighted by Crippen LogP contribution is -2.42. The van der Waals surface area contributed by atoms with Crippen LogP contribution in [0.2, 0.25) is 0 Å².